The van der Waals surface area contributed by atoms with Crippen molar-refractivity contribution in [3.63, 3.8) is 0 Å². The summed E-state index contributed by atoms with van der Waals surface area (Å²) in [7, 11) is 3.84. The molecule has 0 saturated heterocycles. The second-order valence-corrected chi connectivity index (χ2v) is 4.67. The Kier molecular flexibility index (Phi) is 3.85. The van der Waals surface area contributed by atoms with Crippen LogP contribution in [0.15, 0.2) is 36.5 Å². The Morgan fingerprint density at radius 2 is 1.84 bits per heavy atom. The fourth-order valence-corrected chi connectivity index (χ4v) is 1.73. The maximum Gasteiger partial charge on any atom is 0.226 e. The van der Waals surface area contributed by atoms with Gasteiger partial charge in [0.1, 0.15) is 5.82 Å². The van der Waals surface area contributed by atoms with E-state index in [9.17, 15) is 0 Å². The van der Waals surface area contributed by atoms with Gasteiger partial charge in [0.15, 0.2) is 0 Å². The zero-order valence-corrected chi connectivity index (χ0v) is 11.5. The fourth-order valence-electron chi connectivity index (χ4n) is 1.73. The molecule has 0 saturated carbocycles. The van der Waals surface area contributed by atoms with Crippen molar-refractivity contribution in [1.29, 1.82) is 0 Å². The van der Waals surface area contributed by atoms with Gasteiger partial charge in [-0.3, -0.25) is 0 Å². The Hall–Kier alpha value is -2.30. The summed E-state index contributed by atoms with van der Waals surface area (Å²) in [5.41, 5.74) is 7.62. The van der Waals surface area contributed by atoms with Gasteiger partial charge in [0.05, 0.1) is 0 Å². The lowest BCUT2D eigenvalue weighted by atomic mass is 10.1. The molecule has 1 aromatic carbocycles. The molecule has 1 heterocycles. The Morgan fingerprint density at radius 3 is 2.47 bits per heavy atom. The number of nitrogens with two attached hydrogens (primary N) is 1. The first-order valence-electron chi connectivity index (χ1n) is 6.18. The average molecular weight is 257 g/mol. The molecule has 5 heteroatoms. The van der Waals surface area contributed by atoms with Crippen molar-refractivity contribution < 1.29 is 0 Å². The monoisotopic (exact) mass is 257 g/mol. The lowest BCUT2D eigenvalue weighted by Gasteiger charge is -2.16. The third-order valence-corrected chi connectivity index (χ3v) is 2.84. The number of nitrogen functional groups attached to an aromatic ring is 1. The van der Waals surface area contributed by atoms with Crippen molar-refractivity contribution >= 4 is 17.5 Å². The van der Waals surface area contributed by atoms with E-state index in [2.05, 4.69) is 22.2 Å². The van der Waals surface area contributed by atoms with E-state index in [0.29, 0.717) is 5.95 Å². The van der Waals surface area contributed by atoms with Crippen LogP contribution in [0.5, 0.6) is 0 Å². The van der Waals surface area contributed by atoms with Gasteiger partial charge in [-0.1, -0.05) is 12.1 Å². The van der Waals surface area contributed by atoms with Crippen molar-refractivity contribution in [2.75, 3.05) is 30.0 Å². The highest BCUT2D eigenvalue weighted by Crippen LogP contribution is 2.19. The molecule has 2 aromatic rings. The van der Waals surface area contributed by atoms with Crippen LogP contribution in [0, 0.1) is 0 Å². The molecule has 0 radical (unpaired) electrons. The average Bonchev–Trinajstić information content (AvgIpc) is 2.39. The van der Waals surface area contributed by atoms with Crippen LogP contribution in [0.4, 0.5) is 17.5 Å². The number of hydrogen-bond donors (Lipinski definition) is 2. The van der Waals surface area contributed by atoms with Crippen molar-refractivity contribution in [3.8, 4) is 0 Å². The van der Waals surface area contributed by atoms with E-state index in [1.165, 1.54) is 5.56 Å². The van der Waals surface area contributed by atoms with Crippen LogP contribution in [-0.2, 0) is 0 Å². The number of aromatic nitrogens is 2. The second kappa shape index (κ2) is 5.56. The summed E-state index contributed by atoms with van der Waals surface area (Å²) in [6.45, 7) is 2.09. The molecule has 1 atom stereocenters. The van der Waals surface area contributed by atoms with Gasteiger partial charge < -0.3 is 16.0 Å². The smallest absolute Gasteiger partial charge is 0.226 e. The third-order valence-electron chi connectivity index (χ3n) is 2.84. The number of nitrogens with one attached hydrogen (secondary N) is 1. The minimum Gasteiger partial charge on any atom is -0.399 e. The maximum absolute atomic E-state index is 5.69. The van der Waals surface area contributed by atoms with Gasteiger partial charge in [-0.25, -0.2) is 4.98 Å². The van der Waals surface area contributed by atoms with E-state index in [0.717, 1.165) is 11.5 Å². The summed E-state index contributed by atoms with van der Waals surface area (Å²) >= 11 is 0. The van der Waals surface area contributed by atoms with Crippen LogP contribution < -0.4 is 16.0 Å². The normalized spacial score (nSPS) is 11.9. The van der Waals surface area contributed by atoms with E-state index in [4.69, 9.17) is 5.73 Å². The molecule has 5 nitrogen and oxygen atoms in total. The SMILES string of the molecule is CC(Nc1ccnc(N(C)C)n1)c1ccc(N)cc1. The predicted molar refractivity (Wildman–Crippen MR) is 79.3 cm³/mol. The summed E-state index contributed by atoms with van der Waals surface area (Å²) in [5.74, 6) is 1.50. The molecule has 100 valence electrons. The quantitative estimate of drug-likeness (QED) is 0.823. The van der Waals surface area contributed by atoms with E-state index < -0.39 is 0 Å². The molecule has 19 heavy (non-hydrogen) atoms. The van der Waals surface area contributed by atoms with Gasteiger partial charge >= 0.3 is 0 Å². The van der Waals surface area contributed by atoms with Crippen molar-refractivity contribution in [2.45, 2.75) is 13.0 Å². The standard InChI is InChI=1S/C14H19N5/c1-10(11-4-6-12(15)7-5-11)17-13-8-9-16-14(18-13)19(2)3/h4-10H,15H2,1-3H3,(H,16,17,18). The van der Waals surface area contributed by atoms with Gasteiger partial charge in [0.25, 0.3) is 0 Å². The van der Waals surface area contributed by atoms with E-state index in [1.54, 1.807) is 6.20 Å². The predicted octanol–water partition coefficient (Wildman–Crippen LogP) is 2.30. The first kappa shape index (κ1) is 13.1. The fraction of sp³-hybridized carbons (Fsp3) is 0.286. The van der Waals surface area contributed by atoms with Gasteiger partial charge in [0, 0.05) is 32.0 Å². The molecule has 0 amide bonds. The Balaban J connectivity index is 2.12. The van der Waals surface area contributed by atoms with Gasteiger partial charge in [-0.15, -0.1) is 0 Å². The number of hydrogen-bond acceptors (Lipinski definition) is 5. The first-order valence-corrected chi connectivity index (χ1v) is 6.18. The highest BCUT2D eigenvalue weighted by Gasteiger charge is 2.07. The molecule has 0 spiro atoms. The Morgan fingerprint density at radius 1 is 1.16 bits per heavy atom. The minimum atomic E-state index is 0.158. The number of rotatable bonds is 4. The van der Waals surface area contributed by atoms with Crippen molar-refractivity contribution in [2.24, 2.45) is 0 Å². The minimum absolute atomic E-state index is 0.158. The second-order valence-electron chi connectivity index (χ2n) is 4.67. The molecule has 2 rings (SSSR count). The molecule has 3 N–H and O–H groups in total. The molecular formula is C14H19N5. The number of nitrogens with zero attached hydrogens (tertiary/aromatic N) is 3. The number of anilines is 3. The molecule has 0 bridgehead atoms. The summed E-state index contributed by atoms with van der Waals surface area (Å²) in [4.78, 5) is 10.5. The van der Waals surface area contributed by atoms with E-state index in [-0.39, 0.29) is 6.04 Å². The lowest BCUT2D eigenvalue weighted by molar-refractivity contribution is 0.868. The van der Waals surface area contributed by atoms with Crippen LogP contribution in [0.25, 0.3) is 0 Å². The summed E-state index contributed by atoms with van der Waals surface area (Å²) in [6.07, 6.45) is 1.75. The highest BCUT2D eigenvalue weighted by molar-refractivity contribution is 5.45. The molecule has 0 aliphatic heterocycles. The van der Waals surface area contributed by atoms with E-state index >= 15 is 0 Å². The van der Waals surface area contributed by atoms with Gasteiger partial charge in [0.2, 0.25) is 5.95 Å². The zero-order chi connectivity index (χ0) is 13.8. The lowest BCUT2D eigenvalue weighted by Crippen LogP contribution is -2.14. The zero-order valence-electron chi connectivity index (χ0n) is 11.5. The van der Waals surface area contributed by atoms with E-state index in [1.807, 2.05) is 49.3 Å². The van der Waals surface area contributed by atoms with Crippen LogP contribution >= 0.6 is 0 Å². The van der Waals surface area contributed by atoms with Crippen LogP contribution in [0.3, 0.4) is 0 Å². The summed E-state index contributed by atoms with van der Waals surface area (Å²) in [6, 6.07) is 9.85. The van der Waals surface area contributed by atoms with Crippen LogP contribution in [-0.4, -0.2) is 24.1 Å². The Labute approximate surface area is 113 Å². The molecular weight excluding hydrogens is 238 g/mol. The van der Waals surface area contributed by atoms with Gasteiger partial charge in [-0.05, 0) is 30.7 Å². The molecule has 1 aromatic heterocycles. The van der Waals surface area contributed by atoms with Crippen molar-refractivity contribution in [3.05, 3.63) is 42.1 Å². The Bertz CT molecular complexity index is 536. The third kappa shape index (κ3) is 3.34. The van der Waals surface area contributed by atoms with Gasteiger partial charge in [-0.2, -0.15) is 4.98 Å². The molecule has 0 aliphatic carbocycles. The molecule has 1 unspecified atom stereocenters. The molecule has 0 aliphatic rings. The summed E-state index contributed by atoms with van der Waals surface area (Å²) < 4.78 is 0. The van der Waals surface area contributed by atoms with Crippen molar-refractivity contribution in [1.82, 2.24) is 9.97 Å². The van der Waals surface area contributed by atoms with Crippen LogP contribution in [0.1, 0.15) is 18.5 Å². The summed E-state index contributed by atoms with van der Waals surface area (Å²) in [5, 5.41) is 3.35. The van der Waals surface area contributed by atoms with Crippen LogP contribution in [0.2, 0.25) is 0 Å². The maximum atomic E-state index is 5.69. The first-order chi connectivity index (χ1) is 9.06. The highest BCUT2D eigenvalue weighted by atomic mass is 15.2. The topological polar surface area (TPSA) is 67.1 Å². The number of benzene rings is 1. The largest absolute Gasteiger partial charge is 0.399 e. The molecule has 0 fully saturated rings.